The molecule has 11 rings (SSSR count). The van der Waals surface area contributed by atoms with Crippen LogP contribution in [0.15, 0.2) is 206 Å². The lowest BCUT2D eigenvalue weighted by atomic mass is 9.81. The Balaban J connectivity index is 0.955. The van der Waals surface area contributed by atoms with E-state index in [4.69, 9.17) is 4.98 Å². The molecule has 2 heteroatoms. The Morgan fingerprint density at radius 3 is 1.74 bits per heavy atom. The number of pyridine rings is 1. The number of fused-ring (bicyclic) bond motifs is 6. The van der Waals surface area contributed by atoms with E-state index in [0.29, 0.717) is 5.92 Å². The fourth-order valence-corrected chi connectivity index (χ4v) is 9.64. The number of allylic oxidation sites excluding steroid dienone is 4. The Bertz CT molecular complexity index is 2880. The largest absolute Gasteiger partial charge is 0.313 e. The van der Waals surface area contributed by atoms with Crippen LogP contribution in [0.3, 0.4) is 0 Å². The summed E-state index contributed by atoms with van der Waals surface area (Å²) in [4.78, 5) is 7.58. The zero-order chi connectivity index (χ0) is 38.8. The second kappa shape index (κ2) is 13.6. The molecule has 276 valence electrons. The third kappa shape index (κ3) is 5.59. The molecule has 1 unspecified atom stereocenters. The van der Waals surface area contributed by atoms with Crippen molar-refractivity contribution in [1.82, 2.24) is 4.98 Å². The summed E-state index contributed by atoms with van der Waals surface area (Å²) in [5, 5.41) is 0. The van der Waals surface area contributed by atoms with Gasteiger partial charge in [0.05, 0.1) is 11.4 Å². The van der Waals surface area contributed by atoms with Gasteiger partial charge in [-0.05, 0) is 116 Å². The highest BCUT2D eigenvalue weighted by Gasteiger charge is 2.37. The predicted molar refractivity (Wildman–Crippen MR) is 242 cm³/mol. The van der Waals surface area contributed by atoms with Crippen LogP contribution in [0.2, 0.25) is 0 Å². The third-order valence-electron chi connectivity index (χ3n) is 12.6. The molecule has 0 saturated carbocycles. The number of benzene rings is 7. The van der Waals surface area contributed by atoms with Crippen LogP contribution in [-0.2, 0) is 5.41 Å². The molecule has 58 heavy (non-hydrogen) atoms. The fourth-order valence-electron chi connectivity index (χ4n) is 9.64. The number of rotatable bonds is 6. The lowest BCUT2D eigenvalue weighted by Gasteiger charge is -2.25. The van der Waals surface area contributed by atoms with Crippen molar-refractivity contribution >= 4 is 11.4 Å². The molecule has 3 aliphatic rings. The van der Waals surface area contributed by atoms with Gasteiger partial charge in [0.25, 0.3) is 0 Å². The van der Waals surface area contributed by atoms with Crippen molar-refractivity contribution < 1.29 is 0 Å². The molecule has 2 heterocycles. The summed E-state index contributed by atoms with van der Waals surface area (Å²) in [5.41, 5.74) is 22.1. The first-order chi connectivity index (χ1) is 28.5. The van der Waals surface area contributed by atoms with Crippen LogP contribution in [0.4, 0.5) is 11.4 Å². The molecule has 8 aromatic rings. The first-order valence-electron chi connectivity index (χ1n) is 20.4. The normalized spacial score (nSPS) is 15.7. The number of aromatic nitrogens is 1. The van der Waals surface area contributed by atoms with Crippen LogP contribution in [-0.4, -0.2) is 4.98 Å². The number of hydrogen-bond donors (Lipinski definition) is 0. The zero-order valence-electron chi connectivity index (χ0n) is 32.7. The van der Waals surface area contributed by atoms with Crippen LogP contribution in [0, 0.1) is 0 Å². The summed E-state index contributed by atoms with van der Waals surface area (Å²) >= 11 is 0. The van der Waals surface area contributed by atoms with Gasteiger partial charge in [-0.2, -0.15) is 0 Å². The van der Waals surface area contributed by atoms with Gasteiger partial charge in [0.1, 0.15) is 0 Å². The first kappa shape index (κ1) is 34.2. The van der Waals surface area contributed by atoms with Gasteiger partial charge in [0, 0.05) is 39.5 Å². The van der Waals surface area contributed by atoms with Crippen LogP contribution in [0.1, 0.15) is 42.9 Å². The van der Waals surface area contributed by atoms with Crippen molar-refractivity contribution in [3.05, 3.63) is 223 Å². The van der Waals surface area contributed by atoms with Crippen LogP contribution in [0.25, 0.3) is 67.0 Å². The van der Waals surface area contributed by atoms with Crippen LogP contribution >= 0.6 is 0 Å². The average molecular weight is 743 g/mol. The molecule has 1 aromatic heterocycles. The van der Waals surface area contributed by atoms with Crippen molar-refractivity contribution in [3.63, 3.8) is 0 Å². The summed E-state index contributed by atoms with van der Waals surface area (Å²) in [6.45, 7) is 4.72. The lowest BCUT2D eigenvalue weighted by molar-refractivity contribution is 0.660. The number of anilines is 2. The molecule has 0 N–H and O–H groups in total. The van der Waals surface area contributed by atoms with Crippen molar-refractivity contribution in [2.24, 2.45) is 0 Å². The minimum absolute atomic E-state index is 0.0438. The van der Waals surface area contributed by atoms with E-state index in [2.05, 4.69) is 219 Å². The molecule has 0 radical (unpaired) electrons. The van der Waals surface area contributed by atoms with E-state index in [1.807, 2.05) is 0 Å². The Hall–Kier alpha value is -7.03. The van der Waals surface area contributed by atoms with Crippen molar-refractivity contribution in [2.75, 3.05) is 4.90 Å². The second-order valence-electron chi connectivity index (χ2n) is 16.3. The Morgan fingerprint density at radius 1 is 0.483 bits per heavy atom. The maximum absolute atomic E-state index is 5.11. The van der Waals surface area contributed by atoms with E-state index in [0.717, 1.165) is 34.5 Å². The quantitative estimate of drug-likeness (QED) is 0.169. The monoisotopic (exact) mass is 742 g/mol. The fraction of sp³-hybridized carbons (Fsp3) is 0.0893. The summed E-state index contributed by atoms with van der Waals surface area (Å²) in [5.74, 6) is 0.299. The highest BCUT2D eigenvalue weighted by Crippen LogP contribution is 2.53. The van der Waals surface area contributed by atoms with Crippen molar-refractivity contribution in [2.45, 2.75) is 31.6 Å². The van der Waals surface area contributed by atoms with E-state index < -0.39 is 0 Å². The molecular weight excluding hydrogens is 701 g/mol. The molecule has 2 nitrogen and oxygen atoms in total. The Labute approximate surface area is 341 Å². The summed E-state index contributed by atoms with van der Waals surface area (Å²) in [6.07, 6.45) is 7.82. The molecule has 1 aliphatic heterocycles. The molecular formula is C56H42N2. The molecule has 0 bridgehead atoms. The highest BCUT2D eigenvalue weighted by molar-refractivity contribution is 5.90. The van der Waals surface area contributed by atoms with E-state index >= 15 is 0 Å². The highest BCUT2D eigenvalue weighted by atomic mass is 15.2. The maximum atomic E-state index is 5.11. The molecule has 0 spiro atoms. The van der Waals surface area contributed by atoms with Crippen LogP contribution < -0.4 is 4.90 Å². The van der Waals surface area contributed by atoms with E-state index in [9.17, 15) is 0 Å². The SMILES string of the molecule is CC1(C)c2ccccc2-c2ccc(-c3ccccc3-c3ccc4c(c3)C3CC=CC=C3N4c3ccc(-c4cc(-c5ccccc5)nc(-c5ccccc5)c4)cc3)cc21. The van der Waals surface area contributed by atoms with Gasteiger partial charge < -0.3 is 4.90 Å². The molecule has 2 aliphatic carbocycles. The first-order valence-corrected chi connectivity index (χ1v) is 20.4. The maximum Gasteiger partial charge on any atom is 0.0715 e. The van der Waals surface area contributed by atoms with E-state index in [1.54, 1.807) is 0 Å². The van der Waals surface area contributed by atoms with Gasteiger partial charge in [0.15, 0.2) is 0 Å². The number of hydrogen-bond acceptors (Lipinski definition) is 2. The number of nitrogens with zero attached hydrogens (tertiary/aromatic N) is 2. The van der Waals surface area contributed by atoms with Crippen molar-refractivity contribution in [1.29, 1.82) is 0 Å². The third-order valence-corrected chi connectivity index (χ3v) is 12.6. The lowest BCUT2D eigenvalue weighted by Crippen LogP contribution is -2.14. The summed E-state index contributed by atoms with van der Waals surface area (Å²) in [7, 11) is 0. The Kier molecular flexibility index (Phi) is 8.01. The van der Waals surface area contributed by atoms with E-state index in [1.165, 1.54) is 72.7 Å². The molecule has 0 saturated heterocycles. The van der Waals surface area contributed by atoms with Crippen LogP contribution in [0.5, 0.6) is 0 Å². The molecule has 7 aromatic carbocycles. The van der Waals surface area contributed by atoms with Gasteiger partial charge in [-0.3, -0.25) is 0 Å². The topological polar surface area (TPSA) is 16.1 Å². The molecule has 1 atom stereocenters. The molecule has 0 amide bonds. The molecule has 0 fully saturated rings. The summed E-state index contributed by atoms with van der Waals surface area (Å²) < 4.78 is 0. The predicted octanol–water partition coefficient (Wildman–Crippen LogP) is 14.8. The smallest absolute Gasteiger partial charge is 0.0715 e. The minimum Gasteiger partial charge on any atom is -0.313 e. The van der Waals surface area contributed by atoms with Gasteiger partial charge in [-0.15, -0.1) is 0 Å². The van der Waals surface area contributed by atoms with Gasteiger partial charge in [-0.1, -0.05) is 166 Å². The van der Waals surface area contributed by atoms with Gasteiger partial charge in [-0.25, -0.2) is 4.98 Å². The average Bonchev–Trinajstić information content (AvgIpc) is 3.74. The van der Waals surface area contributed by atoms with Crippen molar-refractivity contribution in [3.8, 4) is 67.0 Å². The van der Waals surface area contributed by atoms with E-state index in [-0.39, 0.29) is 5.41 Å². The second-order valence-corrected chi connectivity index (χ2v) is 16.3. The van der Waals surface area contributed by atoms with Gasteiger partial charge in [0.2, 0.25) is 0 Å². The zero-order valence-corrected chi connectivity index (χ0v) is 32.7. The standard InChI is InChI=1S/C56H42N2/c1-56(2)50-23-13-11-21-46(50)47-31-27-41(34-51(47)56)45-20-10-9-19-44(45)40-28-32-55-49(33-40)48-22-12-14-24-54(48)58(55)43-29-25-37(26-30-43)42-35-52(38-15-5-3-6-16-38)57-53(36-42)39-17-7-4-8-18-39/h3-21,23-36,48H,22H2,1-2H3. The Morgan fingerprint density at radius 2 is 1.05 bits per heavy atom. The minimum atomic E-state index is -0.0438. The summed E-state index contributed by atoms with van der Waals surface area (Å²) in [6, 6.07) is 66.5. The van der Waals surface area contributed by atoms with Gasteiger partial charge >= 0.3 is 0 Å².